The molecule has 1 fully saturated rings. The molecule has 0 saturated carbocycles. The summed E-state index contributed by atoms with van der Waals surface area (Å²) in [7, 11) is -3.10. The van der Waals surface area contributed by atoms with Gasteiger partial charge in [0.25, 0.3) is 0 Å². The molecule has 18 heavy (non-hydrogen) atoms. The van der Waals surface area contributed by atoms with Crippen LogP contribution in [-0.2, 0) is 14.6 Å². The van der Waals surface area contributed by atoms with Gasteiger partial charge in [-0.15, -0.1) is 12.4 Å². The first-order chi connectivity index (χ1) is 7.71. The average molecular weight is 299 g/mol. The van der Waals surface area contributed by atoms with Crippen molar-refractivity contribution >= 4 is 28.2 Å². The zero-order chi connectivity index (χ0) is 13.3. The first kappa shape index (κ1) is 17.7. The van der Waals surface area contributed by atoms with Gasteiger partial charge in [-0.2, -0.15) is 0 Å². The highest BCUT2D eigenvalue weighted by molar-refractivity contribution is 7.92. The lowest BCUT2D eigenvalue weighted by molar-refractivity contribution is -0.133. The van der Waals surface area contributed by atoms with E-state index >= 15 is 0 Å². The molecule has 1 saturated heterocycles. The number of amides is 1. The fourth-order valence-electron chi connectivity index (χ4n) is 2.00. The molecule has 1 amide bonds. The minimum atomic E-state index is -3.10. The van der Waals surface area contributed by atoms with Crippen molar-refractivity contribution in [2.75, 3.05) is 18.8 Å². The lowest BCUT2D eigenvalue weighted by Gasteiger charge is -2.38. The van der Waals surface area contributed by atoms with Crippen LogP contribution in [0.4, 0.5) is 0 Å². The van der Waals surface area contributed by atoms with Gasteiger partial charge in [0.2, 0.25) is 5.91 Å². The normalized spacial score (nSPS) is 23.0. The Morgan fingerprint density at radius 3 is 2.44 bits per heavy atom. The Bertz CT molecular complexity index is 395. The van der Waals surface area contributed by atoms with E-state index in [-0.39, 0.29) is 37.2 Å². The van der Waals surface area contributed by atoms with Gasteiger partial charge >= 0.3 is 0 Å². The molecular weight excluding hydrogens is 276 g/mol. The van der Waals surface area contributed by atoms with Crippen LogP contribution >= 0.6 is 12.4 Å². The Morgan fingerprint density at radius 1 is 1.44 bits per heavy atom. The quantitative estimate of drug-likeness (QED) is 0.826. The SMILES string of the molecule is CCCC(N)C(=O)N1CCS(=O)(=O)C(C)(C)C1.Cl. The summed E-state index contributed by atoms with van der Waals surface area (Å²) in [6, 6.07) is -0.503. The van der Waals surface area contributed by atoms with Gasteiger partial charge in [-0.1, -0.05) is 13.3 Å². The Kier molecular flexibility index (Phi) is 6.10. The number of rotatable bonds is 3. The highest BCUT2D eigenvalue weighted by Gasteiger charge is 2.42. The van der Waals surface area contributed by atoms with Gasteiger partial charge in [-0.05, 0) is 20.3 Å². The second kappa shape index (κ2) is 6.21. The van der Waals surface area contributed by atoms with Crippen LogP contribution in [0, 0.1) is 0 Å². The maximum atomic E-state index is 12.0. The van der Waals surface area contributed by atoms with Crippen LogP contribution in [0.15, 0.2) is 0 Å². The molecule has 108 valence electrons. The first-order valence-corrected chi connectivity index (χ1v) is 7.63. The van der Waals surface area contributed by atoms with E-state index in [4.69, 9.17) is 5.73 Å². The number of nitrogens with zero attached hydrogens (tertiary/aromatic N) is 1. The topological polar surface area (TPSA) is 80.5 Å². The van der Waals surface area contributed by atoms with Gasteiger partial charge in [0.05, 0.1) is 16.5 Å². The first-order valence-electron chi connectivity index (χ1n) is 5.98. The number of carbonyl (C=O) groups is 1. The van der Waals surface area contributed by atoms with Crippen LogP contribution in [-0.4, -0.2) is 48.9 Å². The van der Waals surface area contributed by atoms with E-state index in [1.807, 2.05) is 6.92 Å². The predicted molar refractivity (Wildman–Crippen MR) is 74.6 cm³/mol. The summed E-state index contributed by atoms with van der Waals surface area (Å²) in [6.45, 7) is 5.80. The predicted octanol–water partition coefficient (Wildman–Crippen LogP) is 0.571. The third-order valence-corrected chi connectivity index (χ3v) is 5.81. The third-order valence-electron chi connectivity index (χ3n) is 3.27. The number of carbonyl (C=O) groups excluding carboxylic acids is 1. The van der Waals surface area contributed by atoms with Crippen molar-refractivity contribution < 1.29 is 13.2 Å². The van der Waals surface area contributed by atoms with Crippen LogP contribution < -0.4 is 5.73 Å². The molecule has 1 aliphatic heterocycles. The van der Waals surface area contributed by atoms with Crippen molar-refractivity contribution in [2.24, 2.45) is 5.73 Å². The molecule has 0 aromatic heterocycles. The monoisotopic (exact) mass is 298 g/mol. The molecule has 0 aromatic rings. The Morgan fingerprint density at radius 2 is 2.00 bits per heavy atom. The summed E-state index contributed by atoms with van der Waals surface area (Å²) in [5.41, 5.74) is 5.77. The molecule has 5 nitrogen and oxygen atoms in total. The largest absolute Gasteiger partial charge is 0.339 e. The van der Waals surface area contributed by atoms with E-state index in [0.717, 1.165) is 6.42 Å². The second-order valence-corrected chi connectivity index (χ2v) is 7.98. The van der Waals surface area contributed by atoms with Crippen molar-refractivity contribution in [1.29, 1.82) is 0 Å². The van der Waals surface area contributed by atoms with Crippen molar-refractivity contribution in [2.45, 2.75) is 44.4 Å². The smallest absolute Gasteiger partial charge is 0.239 e. The zero-order valence-electron chi connectivity index (χ0n) is 11.2. The maximum Gasteiger partial charge on any atom is 0.239 e. The summed E-state index contributed by atoms with van der Waals surface area (Å²) >= 11 is 0. The molecule has 0 radical (unpaired) electrons. The van der Waals surface area contributed by atoms with E-state index in [1.54, 1.807) is 18.7 Å². The zero-order valence-corrected chi connectivity index (χ0v) is 12.8. The molecule has 7 heteroatoms. The number of hydrogen-bond acceptors (Lipinski definition) is 4. The van der Waals surface area contributed by atoms with E-state index in [9.17, 15) is 13.2 Å². The number of hydrogen-bond donors (Lipinski definition) is 1. The van der Waals surface area contributed by atoms with Gasteiger partial charge in [-0.3, -0.25) is 4.79 Å². The number of halogens is 1. The minimum Gasteiger partial charge on any atom is -0.339 e. The number of sulfone groups is 1. The van der Waals surface area contributed by atoms with Gasteiger partial charge in [-0.25, -0.2) is 8.42 Å². The fourth-order valence-corrected chi connectivity index (χ4v) is 3.37. The van der Waals surface area contributed by atoms with Gasteiger partial charge in [0.1, 0.15) is 0 Å². The van der Waals surface area contributed by atoms with Crippen molar-refractivity contribution in [3.8, 4) is 0 Å². The van der Waals surface area contributed by atoms with Crippen LogP contribution in [0.5, 0.6) is 0 Å². The Balaban J connectivity index is 0.00000289. The molecule has 1 unspecified atom stereocenters. The van der Waals surface area contributed by atoms with E-state index in [1.165, 1.54) is 0 Å². The van der Waals surface area contributed by atoms with Crippen LogP contribution in [0.2, 0.25) is 0 Å². The molecule has 1 rings (SSSR count). The number of nitrogens with two attached hydrogens (primary N) is 1. The highest BCUT2D eigenvalue weighted by Crippen LogP contribution is 2.24. The molecule has 1 atom stereocenters. The van der Waals surface area contributed by atoms with Crippen molar-refractivity contribution in [3.05, 3.63) is 0 Å². The molecule has 2 N–H and O–H groups in total. The fraction of sp³-hybridized carbons (Fsp3) is 0.909. The lowest BCUT2D eigenvalue weighted by atomic mass is 10.1. The highest BCUT2D eigenvalue weighted by atomic mass is 35.5. The van der Waals surface area contributed by atoms with E-state index in [0.29, 0.717) is 6.42 Å². The van der Waals surface area contributed by atoms with Crippen molar-refractivity contribution in [3.63, 3.8) is 0 Å². The van der Waals surface area contributed by atoms with Crippen LogP contribution in [0.25, 0.3) is 0 Å². The van der Waals surface area contributed by atoms with Crippen molar-refractivity contribution in [1.82, 2.24) is 4.90 Å². The summed E-state index contributed by atoms with van der Waals surface area (Å²) in [4.78, 5) is 13.6. The Hall–Kier alpha value is -0.330. The minimum absolute atomic E-state index is 0. The molecule has 0 spiro atoms. The average Bonchev–Trinajstić information content (AvgIpc) is 2.21. The molecule has 1 aliphatic rings. The second-order valence-electron chi connectivity index (χ2n) is 5.23. The van der Waals surface area contributed by atoms with Gasteiger partial charge in [0, 0.05) is 13.1 Å². The summed E-state index contributed by atoms with van der Waals surface area (Å²) in [5, 5.41) is 0. The standard InChI is InChI=1S/C11H22N2O3S.ClH/c1-4-5-9(12)10(14)13-6-7-17(15,16)11(2,3)8-13;/h9H,4-8,12H2,1-3H3;1H. The summed E-state index contributed by atoms with van der Waals surface area (Å²) < 4.78 is 22.7. The lowest BCUT2D eigenvalue weighted by Crippen LogP contribution is -2.57. The molecule has 0 aliphatic carbocycles. The van der Waals surface area contributed by atoms with Gasteiger partial charge < -0.3 is 10.6 Å². The van der Waals surface area contributed by atoms with E-state index < -0.39 is 20.6 Å². The summed E-state index contributed by atoms with van der Waals surface area (Å²) in [6.07, 6.45) is 1.49. The summed E-state index contributed by atoms with van der Waals surface area (Å²) in [5.74, 6) is -0.0975. The molecule has 0 bridgehead atoms. The van der Waals surface area contributed by atoms with E-state index in [2.05, 4.69) is 0 Å². The Labute approximate surface area is 115 Å². The third kappa shape index (κ3) is 3.59. The van der Waals surface area contributed by atoms with Crippen LogP contribution in [0.1, 0.15) is 33.6 Å². The van der Waals surface area contributed by atoms with Crippen LogP contribution in [0.3, 0.4) is 0 Å². The maximum absolute atomic E-state index is 12.0. The van der Waals surface area contributed by atoms with Gasteiger partial charge in [0.15, 0.2) is 9.84 Å². The molecule has 0 aromatic carbocycles. The molecule has 1 heterocycles. The molecular formula is C11H23ClN2O3S.